The van der Waals surface area contributed by atoms with E-state index in [1.165, 1.54) is 0 Å². The number of Topliss-reactive ketones (excluding diaryl/α,β-unsaturated/α-hetero) is 1. The summed E-state index contributed by atoms with van der Waals surface area (Å²) in [6.07, 6.45) is 5.65. The van der Waals surface area contributed by atoms with Crippen molar-refractivity contribution in [2.75, 3.05) is 5.32 Å². The van der Waals surface area contributed by atoms with Crippen molar-refractivity contribution >= 4 is 17.1 Å². The molecule has 0 saturated heterocycles. The lowest BCUT2D eigenvalue weighted by molar-refractivity contribution is 0.0972. The summed E-state index contributed by atoms with van der Waals surface area (Å²) < 4.78 is 7.15. The van der Waals surface area contributed by atoms with Crippen LogP contribution in [-0.2, 0) is 0 Å². The Labute approximate surface area is 121 Å². The third-order valence-electron chi connectivity index (χ3n) is 4.22. The summed E-state index contributed by atoms with van der Waals surface area (Å²) in [4.78, 5) is 17.0. The number of nitrogens with zero attached hydrogens (tertiary/aromatic N) is 2. The van der Waals surface area contributed by atoms with Gasteiger partial charge in [0.05, 0.1) is 29.9 Å². The molecule has 1 N–H and O–H groups in total. The van der Waals surface area contributed by atoms with Crippen LogP contribution in [0.4, 0.5) is 5.69 Å². The van der Waals surface area contributed by atoms with Gasteiger partial charge in [0.1, 0.15) is 0 Å². The fourth-order valence-electron chi connectivity index (χ4n) is 2.91. The number of anilines is 1. The molecule has 1 unspecified atom stereocenters. The maximum Gasteiger partial charge on any atom is 0.167 e. The first-order chi connectivity index (χ1) is 10.1. The number of hydrogen-bond donors (Lipinski definition) is 1. The number of pyridine rings is 1. The Morgan fingerprint density at radius 1 is 1.38 bits per heavy atom. The Morgan fingerprint density at radius 3 is 3.00 bits per heavy atom. The molecule has 0 radical (unpaired) electrons. The number of imidazole rings is 1. The minimum absolute atomic E-state index is 0.0627. The van der Waals surface area contributed by atoms with E-state index in [1.807, 2.05) is 36.6 Å². The fourth-order valence-corrected chi connectivity index (χ4v) is 2.91. The van der Waals surface area contributed by atoms with Crippen LogP contribution in [0.1, 0.15) is 39.8 Å². The zero-order valence-corrected chi connectivity index (χ0v) is 11.9. The van der Waals surface area contributed by atoms with Gasteiger partial charge in [0, 0.05) is 29.4 Å². The van der Waals surface area contributed by atoms with Crippen LogP contribution in [0, 0.1) is 13.8 Å². The van der Waals surface area contributed by atoms with Crippen molar-refractivity contribution in [2.24, 2.45) is 0 Å². The minimum Gasteiger partial charge on any atom is -0.472 e. The van der Waals surface area contributed by atoms with Crippen molar-refractivity contribution in [3.63, 3.8) is 0 Å². The quantitative estimate of drug-likeness (QED) is 0.743. The molecule has 0 aliphatic carbocycles. The second-order valence-corrected chi connectivity index (χ2v) is 5.46. The minimum atomic E-state index is -0.0627. The van der Waals surface area contributed by atoms with Crippen molar-refractivity contribution in [1.82, 2.24) is 9.38 Å². The zero-order chi connectivity index (χ0) is 14.6. The van der Waals surface area contributed by atoms with E-state index in [0.717, 1.165) is 28.3 Å². The van der Waals surface area contributed by atoms with Gasteiger partial charge in [0.15, 0.2) is 11.4 Å². The van der Waals surface area contributed by atoms with Crippen LogP contribution in [0.3, 0.4) is 0 Å². The summed E-state index contributed by atoms with van der Waals surface area (Å²) in [6.45, 7) is 4.01. The number of hydrogen-bond acceptors (Lipinski definition) is 4. The predicted molar refractivity (Wildman–Crippen MR) is 78.7 cm³/mol. The molecular formula is C16H15N3O2. The van der Waals surface area contributed by atoms with E-state index in [0.29, 0.717) is 12.0 Å². The molecule has 1 aliphatic heterocycles. The Morgan fingerprint density at radius 2 is 2.24 bits per heavy atom. The Kier molecular flexibility index (Phi) is 2.45. The Balaban J connectivity index is 1.91. The highest BCUT2D eigenvalue weighted by Gasteiger charge is 2.28. The molecule has 4 rings (SSSR count). The molecule has 0 saturated carbocycles. The number of fused-ring (bicyclic) bond motifs is 3. The van der Waals surface area contributed by atoms with Crippen LogP contribution in [0.2, 0.25) is 0 Å². The second-order valence-electron chi connectivity index (χ2n) is 5.46. The van der Waals surface area contributed by atoms with Crippen molar-refractivity contribution in [2.45, 2.75) is 26.3 Å². The summed E-state index contributed by atoms with van der Waals surface area (Å²) in [6, 6.07) is 3.70. The Hall–Kier alpha value is -2.56. The largest absolute Gasteiger partial charge is 0.472 e. The molecule has 5 heteroatoms. The van der Waals surface area contributed by atoms with Gasteiger partial charge in [0.2, 0.25) is 0 Å². The molecule has 3 aromatic heterocycles. The lowest BCUT2D eigenvalue weighted by atomic mass is 9.94. The molecule has 3 aromatic rings. The van der Waals surface area contributed by atoms with E-state index in [2.05, 4.69) is 10.3 Å². The van der Waals surface area contributed by atoms with Crippen molar-refractivity contribution < 1.29 is 9.21 Å². The van der Waals surface area contributed by atoms with Crippen LogP contribution in [-0.4, -0.2) is 15.2 Å². The molecule has 0 bridgehead atoms. The average molecular weight is 281 g/mol. The first-order valence-electron chi connectivity index (χ1n) is 6.95. The van der Waals surface area contributed by atoms with Gasteiger partial charge in [0.25, 0.3) is 0 Å². The van der Waals surface area contributed by atoms with Crippen molar-refractivity contribution in [3.8, 4) is 0 Å². The molecule has 0 amide bonds. The van der Waals surface area contributed by atoms with Crippen molar-refractivity contribution in [1.29, 1.82) is 0 Å². The molecule has 106 valence electrons. The van der Waals surface area contributed by atoms with Crippen LogP contribution in [0.5, 0.6) is 0 Å². The normalized spacial score (nSPS) is 17.8. The molecule has 1 atom stereocenters. The van der Waals surface area contributed by atoms with Crippen molar-refractivity contribution in [3.05, 3.63) is 53.4 Å². The maximum absolute atomic E-state index is 12.4. The van der Waals surface area contributed by atoms with E-state index in [-0.39, 0.29) is 11.8 Å². The smallest absolute Gasteiger partial charge is 0.167 e. The molecule has 0 aromatic carbocycles. The molecule has 0 fully saturated rings. The summed E-state index contributed by atoms with van der Waals surface area (Å²) in [5.74, 6) is 0.135. The third kappa shape index (κ3) is 1.70. The summed E-state index contributed by atoms with van der Waals surface area (Å²) in [5.41, 5.74) is 5.39. The van der Waals surface area contributed by atoms with Gasteiger partial charge < -0.3 is 14.1 Å². The number of ketones is 1. The number of carbonyl (C=O) groups is 1. The second kappa shape index (κ2) is 4.22. The average Bonchev–Trinajstić information content (AvgIpc) is 3.09. The molecular weight excluding hydrogens is 266 g/mol. The van der Waals surface area contributed by atoms with E-state index in [4.69, 9.17) is 4.42 Å². The van der Waals surface area contributed by atoms with Crippen LogP contribution < -0.4 is 5.32 Å². The highest BCUT2D eigenvalue weighted by Crippen LogP contribution is 2.35. The lowest BCUT2D eigenvalue weighted by Crippen LogP contribution is -2.23. The Bertz CT molecular complexity index is 846. The van der Waals surface area contributed by atoms with Crippen LogP contribution in [0.25, 0.3) is 5.65 Å². The van der Waals surface area contributed by atoms with Crippen LogP contribution >= 0.6 is 0 Å². The molecule has 0 spiro atoms. The highest BCUT2D eigenvalue weighted by molar-refractivity contribution is 6.06. The van der Waals surface area contributed by atoms with E-state index in [1.54, 1.807) is 12.5 Å². The standard InChI is InChI=1S/C16H15N3O2/c1-9-10(2)19-5-3-12-14(20)7-13(11-4-6-21-8-11)18-15(12)16(19)17-9/h3-6,8,13,18H,7H2,1-2H3. The van der Waals surface area contributed by atoms with E-state index in [9.17, 15) is 4.79 Å². The number of furan rings is 1. The van der Waals surface area contributed by atoms with Gasteiger partial charge in [-0.2, -0.15) is 0 Å². The highest BCUT2D eigenvalue weighted by atomic mass is 16.3. The third-order valence-corrected chi connectivity index (χ3v) is 4.22. The van der Waals surface area contributed by atoms with Gasteiger partial charge in [-0.05, 0) is 26.0 Å². The number of nitrogens with one attached hydrogen (secondary N) is 1. The van der Waals surface area contributed by atoms with Gasteiger partial charge in [-0.1, -0.05) is 0 Å². The SMILES string of the molecule is Cc1nc2c3c(ccn2c1C)C(=O)CC(c1ccoc1)N3. The lowest BCUT2D eigenvalue weighted by Gasteiger charge is -2.25. The van der Waals surface area contributed by atoms with E-state index >= 15 is 0 Å². The van der Waals surface area contributed by atoms with Gasteiger partial charge in [-0.15, -0.1) is 0 Å². The van der Waals surface area contributed by atoms with Gasteiger partial charge in [-0.3, -0.25) is 4.79 Å². The topological polar surface area (TPSA) is 59.5 Å². The molecule has 4 heterocycles. The van der Waals surface area contributed by atoms with Crippen LogP contribution in [0.15, 0.2) is 35.3 Å². The first kappa shape index (κ1) is 12.2. The summed E-state index contributed by atoms with van der Waals surface area (Å²) >= 11 is 0. The predicted octanol–water partition coefficient (Wildman–Crippen LogP) is 3.28. The zero-order valence-electron chi connectivity index (χ0n) is 11.9. The number of rotatable bonds is 1. The molecule has 1 aliphatic rings. The monoisotopic (exact) mass is 281 g/mol. The number of carbonyl (C=O) groups excluding carboxylic acids is 1. The molecule has 5 nitrogen and oxygen atoms in total. The first-order valence-corrected chi connectivity index (χ1v) is 6.95. The number of aromatic nitrogens is 2. The van der Waals surface area contributed by atoms with E-state index < -0.39 is 0 Å². The fraction of sp³-hybridized carbons (Fsp3) is 0.250. The van der Waals surface area contributed by atoms with Gasteiger partial charge in [-0.25, -0.2) is 4.98 Å². The van der Waals surface area contributed by atoms with Gasteiger partial charge >= 0.3 is 0 Å². The molecule has 21 heavy (non-hydrogen) atoms. The number of aryl methyl sites for hydroxylation is 2. The summed E-state index contributed by atoms with van der Waals surface area (Å²) in [7, 11) is 0. The summed E-state index contributed by atoms with van der Waals surface area (Å²) in [5, 5.41) is 3.45. The maximum atomic E-state index is 12.4.